The average molecular weight is 340 g/mol. The molecule has 4 rings (SSSR count). The van der Waals surface area contributed by atoms with Crippen molar-refractivity contribution in [2.75, 3.05) is 13.7 Å². The van der Waals surface area contributed by atoms with Crippen molar-refractivity contribution in [3.8, 4) is 16.9 Å². The molecule has 0 bridgehead atoms. The first kappa shape index (κ1) is 14.9. The molecule has 7 heteroatoms. The molecule has 0 aliphatic heterocycles. The summed E-state index contributed by atoms with van der Waals surface area (Å²) in [6.07, 6.45) is 3.75. The third kappa shape index (κ3) is 2.21. The van der Waals surface area contributed by atoms with Crippen LogP contribution in [0.5, 0.6) is 5.75 Å². The summed E-state index contributed by atoms with van der Waals surface area (Å²) in [4.78, 5) is 15.2. The van der Waals surface area contributed by atoms with Crippen LogP contribution in [0.1, 0.15) is 0 Å². The Morgan fingerprint density at radius 3 is 3.04 bits per heavy atom. The van der Waals surface area contributed by atoms with Gasteiger partial charge in [-0.25, -0.2) is 0 Å². The van der Waals surface area contributed by atoms with Gasteiger partial charge in [-0.3, -0.25) is 9.48 Å². The molecule has 0 aliphatic rings. The van der Waals surface area contributed by atoms with Gasteiger partial charge in [-0.1, -0.05) is 0 Å². The molecule has 0 aliphatic carbocycles. The number of nitrogens with two attached hydrogens (primary N) is 1. The third-order valence-electron chi connectivity index (χ3n) is 4.06. The maximum Gasteiger partial charge on any atom is 0.266 e. The lowest BCUT2D eigenvalue weighted by Gasteiger charge is -2.11. The lowest BCUT2D eigenvalue weighted by atomic mass is 9.99. The zero-order valence-electron chi connectivity index (χ0n) is 13.1. The van der Waals surface area contributed by atoms with Crippen LogP contribution in [0.3, 0.4) is 0 Å². The minimum atomic E-state index is -0.0672. The Morgan fingerprint density at radius 1 is 1.38 bits per heavy atom. The zero-order valence-corrected chi connectivity index (χ0v) is 13.9. The molecule has 0 saturated heterocycles. The smallest absolute Gasteiger partial charge is 0.266 e. The predicted molar refractivity (Wildman–Crippen MR) is 96.8 cm³/mol. The molecule has 0 radical (unpaired) electrons. The summed E-state index contributed by atoms with van der Waals surface area (Å²) in [6, 6.07) is 5.72. The number of thiophene rings is 1. The van der Waals surface area contributed by atoms with Gasteiger partial charge in [0.2, 0.25) is 0 Å². The number of pyridine rings is 1. The van der Waals surface area contributed by atoms with E-state index in [4.69, 9.17) is 10.5 Å². The molecule has 0 saturated carbocycles. The Balaban J connectivity index is 2.11. The van der Waals surface area contributed by atoms with E-state index in [1.165, 1.54) is 11.3 Å². The van der Waals surface area contributed by atoms with Crippen LogP contribution in [0.4, 0.5) is 0 Å². The van der Waals surface area contributed by atoms with E-state index in [0.29, 0.717) is 17.8 Å². The summed E-state index contributed by atoms with van der Waals surface area (Å²) < 4.78 is 8.11. The maximum atomic E-state index is 12.2. The standard InChI is InChI=1S/C17H16N4O2S/c1-23-13-3-2-12-15(11-4-7-24-16(11)17(22)20-12)14(13)10-8-19-21(9-10)6-5-18/h2-4,7-9H,5-6,18H2,1H3,(H,20,22). The first-order chi connectivity index (χ1) is 11.7. The van der Waals surface area contributed by atoms with Crippen molar-refractivity contribution in [1.29, 1.82) is 0 Å². The number of aromatic nitrogens is 3. The highest BCUT2D eigenvalue weighted by atomic mass is 32.1. The summed E-state index contributed by atoms with van der Waals surface area (Å²) in [6.45, 7) is 1.17. The number of benzene rings is 1. The van der Waals surface area contributed by atoms with Crippen LogP contribution in [0.25, 0.3) is 32.1 Å². The highest BCUT2D eigenvalue weighted by Crippen LogP contribution is 2.39. The van der Waals surface area contributed by atoms with Gasteiger partial charge >= 0.3 is 0 Å². The number of aromatic amines is 1. The second kappa shape index (κ2) is 5.77. The second-order valence-corrected chi connectivity index (χ2v) is 6.38. The van der Waals surface area contributed by atoms with Gasteiger partial charge in [0.1, 0.15) is 10.4 Å². The van der Waals surface area contributed by atoms with Gasteiger partial charge < -0.3 is 15.5 Å². The van der Waals surface area contributed by atoms with Crippen LogP contribution in [-0.2, 0) is 6.54 Å². The highest BCUT2D eigenvalue weighted by molar-refractivity contribution is 7.17. The molecule has 4 aromatic rings. The quantitative estimate of drug-likeness (QED) is 0.598. The summed E-state index contributed by atoms with van der Waals surface area (Å²) in [5, 5.41) is 8.19. The van der Waals surface area contributed by atoms with Crippen molar-refractivity contribution in [2.45, 2.75) is 6.54 Å². The van der Waals surface area contributed by atoms with Crippen LogP contribution in [-0.4, -0.2) is 28.4 Å². The number of fused-ring (bicyclic) bond motifs is 3. The lowest BCUT2D eigenvalue weighted by molar-refractivity contribution is 0.417. The van der Waals surface area contributed by atoms with Crippen LogP contribution < -0.4 is 16.0 Å². The summed E-state index contributed by atoms with van der Waals surface area (Å²) >= 11 is 1.44. The fraction of sp³-hybridized carbons (Fsp3) is 0.176. The molecule has 24 heavy (non-hydrogen) atoms. The molecule has 122 valence electrons. The number of nitrogens with one attached hydrogen (secondary N) is 1. The molecular formula is C17H16N4O2S. The van der Waals surface area contributed by atoms with Crippen molar-refractivity contribution in [2.24, 2.45) is 5.73 Å². The predicted octanol–water partition coefficient (Wildman–Crippen LogP) is 2.57. The summed E-state index contributed by atoms with van der Waals surface area (Å²) in [5.41, 5.74) is 8.19. The maximum absolute atomic E-state index is 12.2. The molecular weight excluding hydrogens is 324 g/mol. The van der Waals surface area contributed by atoms with Gasteiger partial charge in [-0.15, -0.1) is 11.3 Å². The number of hydrogen-bond acceptors (Lipinski definition) is 5. The normalized spacial score (nSPS) is 11.4. The molecule has 1 aromatic carbocycles. The fourth-order valence-corrected chi connectivity index (χ4v) is 3.83. The van der Waals surface area contributed by atoms with Crippen molar-refractivity contribution in [1.82, 2.24) is 14.8 Å². The Labute approximate surface area is 141 Å². The molecule has 3 heterocycles. The first-order valence-corrected chi connectivity index (χ1v) is 8.44. The SMILES string of the molecule is COc1ccc2[nH]c(=O)c3sccc3c2c1-c1cnn(CCN)c1. The number of hydrogen-bond donors (Lipinski definition) is 2. The molecule has 3 N–H and O–H groups in total. The fourth-order valence-electron chi connectivity index (χ4n) is 3.03. The van der Waals surface area contributed by atoms with Crippen molar-refractivity contribution >= 4 is 32.3 Å². The van der Waals surface area contributed by atoms with E-state index in [-0.39, 0.29) is 5.56 Å². The van der Waals surface area contributed by atoms with E-state index in [1.807, 2.05) is 34.5 Å². The van der Waals surface area contributed by atoms with Gasteiger partial charge in [0.25, 0.3) is 5.56 Å². The van der Waals surface area contributed by atoms with Crippen LogP contribution in [0.2, 0.25) is 0 Å². The highest BCUT2D eigenvalue weighted by Gasteiger charge is 2.17. The number of ether oxygens (including phenoxy) is 1. The lowest BCUT2D eigenvalue weighted by Crippen LogP contribution is -2.09. The van der Waals surface area contributed by atoms with Gasteiger partial charge in [-0.05, 0) is 23.6 Å². The topological polar surface area (TPSA) is 85.9 Å². The van der Waals surface area contributed by atoms with E-state index >= 15 is 0 Å². The van der Waals surface area contributed by atoms with E-state index in [1.54, 1.807) is 13.3 Å². The van der Waals surface area contributed by atoms with Gasteiger partial charge in [0.15, 0.2) is 0 Å². The van der Waals surface area contributed by atoms with E-state index < -0.39 is 0 Å². The summed E-state index contributed by atoms with van der Waals surface area (Å²) in [5.74, 6) is 0.745. The Kier molecular flexibility index (Phi) is 3.59. The Morgan fingerprint density at radius 2 is 2.25 bits per heavy atom. The third-order valence-corrected chi connectivity index (χ3v) is 4.97. The molecule has 0 amide bonds. The minimum Gasteiger partial charge on any atom is -0.496 e. The molecule has 0 spiro atoms. The largest absolute Gasteiger partial charge is 0.496 e. The summed E-state index contributed by atoms with van der Waals surface area (Å²) in [7, 11) is 1.64. The monoisotopic (exact) mass is 340 g/mol. The molecule has 0 atom stereocenters. The second-order valence-electron chi connectivity index (χ2n) is 5.46. The number of methoxy groups -OCH3 is 1. The molecule has 6 nitrogen and oxygen atoms in total. The van der Waals surface area contributed by atoms with Crippen LogP contribution in [0, 0.1) is 0 Å². The Hall–Kier alpha value is -2.64. The minimum absolute atomic E-state index is 0.0672. The zero-order chi connectivity index (χ0) is 16.7. The number of rotatable bonds is 4. The van der Waals surface area contributed by atoms with E-state index in [0.717, 1.165) is 33.2 Å². The molecule has 0 fully saturated rings. The average Bonchev–Trinajstić information content (AvgIpc) is 3.24. The van der Waals surface area contributed by atoms with Gasteiger partial charge in [-0.2, -0.15) is 5.10 Å². The number of nitrogens with zero attached hydrogens (tertiary/aromatic N) is 2. The van der Waals surface area contributed by atoms with Crippen LogP contribution >= 0.6 is 11.3 Å². The van der Waals surface area contributed by atoms with E-state index in [2.05, 4.69) is 10.1 Å². The van der Waals surface area contributed by atoms with Crippen molar-refractivity contribution < 1.29 is 4.74 Å². The Bertz CT molecular complexity index is 1090. The van der Waals surface area contributed by atoms with Gasteiger partial charge in [0.05, 0.1) is 19.9 Å². The van der Waals surface area contributed by atoms with Crippen molar-refractivity contribution in [3.05, 3.63) is 46.3 Å². The molecule has 0 unspecified atom stereocenters. The van der Waals surface area contributed by atoms with Crippen LogP contribution in [0.15, 0.2) is 40.8 Å². The molecule has 3 aromatic heterocycles. The number of H-pyrrole nitrogens is 1. The van der Waals surface area contributed by atoms with Gasteiger partial charge in [0, 0.05) is 40.2 Å². The first-order valence-electron chi connectivity index (χ1n) is 7.56. The van der Waals surface area contributed by atoms with E-state index in [9.17, 15) is 4.79 Å². The van der Waals surface area contributed by atoms with Crippen molar-refractivity contribution in [3.63, 3.8) is 0 Å².